The van der Waals surface area contributed by atoms with Gasteiger partial charge in [-0.1, -0.05) is 31.2 Å². The molecule has 1 aromatic heterocycles. The molecule has 4 rings (SSSR count). The van der Waals surface area contributed by atoms with Crippen LogP contribution in [0.1, 0.15) is 53.5 Å². The number of piperazine rings is 1. The van der Waals surface area contributed by atoms with Crippen molar-refractivity contribution in [1.29, 1.82) is 0 Å². The summed E-state index contributed by atoms with van der Waals surface area (Å²) in [7, 11) is 1.96. The van der Waals surface area contributed by atoms with Gasteiger partial charge in [0.05, 0.1) is 17.8 Å². The largest absolute Gasteiger partial charge is 0.332 e. The maximum Gasteiger partial charge on any atom is 0.241 e. The molecule has 0 radical (unpaired) electrons. The van der Waals surface area contributed by atoms with E-state index in [9.17, 15) is 4.79 Å². The summed E-state index contributed by atoms with van der Waals surface area (Å²) in [6.45, 7) is 8.63. The summed E-state index contributed by atoms with van der Waals surface area (Å²) >= 11 is 0. The number of hydrogen-bond acceptors (Lipinski definition) is 5. The Kier molecular flexibility index (Phi) is 5.72. The number of hydrazine groups is 1. The average Bonchev–Trinajstić information content (AvgIpc) is 3.32. The molecule has 2 fully saturated rings. The quantitative estimate of drug-likeness (QED) is 0.733. The zero-order valence-electron chi connectivity index (χ0n) is 17.8. The molecular weight excluding hydrogens is 364 g/mol. The maximum absolute atomic E-state index is 13.4. The zero-order chi connectivity index (χ0) is 20.5. The second-order valence-electron chi connectivity index (χ2n) is 8.18. The first-order valence-corrected chi connectivity index (χ1v) is 10.6. The van der Waals surface area contributed by atoms with Gasteiger partial charge in [-0.05, 0) is 37.8 Å². The standard InChI is InChI=1S/C22H32N6O/c1-5-16-6-8-17(9-7-16)20-13-23-10-11-28(20)22(29)19-12-18(24-25-19)21-14(2)26-27(4)15(21)3/h6-9,18-20,23-25H,5,10-13H2,1-4H3. The smallest absolute Gasteiger partial charge is 0.241 e. The van der Waals surface area contributed by atoms with Crippen LogP contribution in [0.2, 0.25) is 0 Å². The van der Waals surface area contributed by atoms with Crippen LogP contribution in [-0.4, -0.2) is 46.3 Å². The summed E-state index contributed by atoms with van der Waals surface area (Å²) in [5, 5.41) is 7.97. The topological polar surface area (TPSA) is 74.2 Å². The Balaban J connectivity index is 1.50. The fourth-order valence-corrected chi connectivity index (χ4v) is 4.64. The Labute approximate surface area is 172 Å². The minimum absolute atomic E-state index is 0.0740. The predicted molar refractivity (Wildman–Crippen MR) is 113 cm³/mol. The molecule has 3 heterocycles. The summed E-state index contributed by atoms with van der Waals surface area (Å²) in [6.07, 6.45) is 1.76. The number of aromatic nitrogens is 2. The number of carbonyl (C=O) groups is 1. The highest BCUT2D eigenvalue weighted by Crippen LogP contribution is 2.30. The molecule has 1 aromatic carbocycles. The van der Waals surface area contributed by atoms with Crippen molar-refractivity contribution in [2.45, 2.75) is 51.7 Å². The van der Waals surface area contributed by atoms with Gasteiger partial charge in [-0.25, -0.2) is 10.9 Å². The number of hydrogen-bond donors (Lipinski definition) is 3. The molecule has 3 unspecified atom stereocenters. The van der Waals surface area contributed by atoms with Crippen LogP contribution in [-0.2, 0) is 18.3 Å². The normalized spacial score (nSPS) is 24.8. The lowest BCUT2D eigenvalue weighted by molar-refractivity contribution is -0.136. The minimum Gasteiger partial charge on any atom is -0.332 e. The van der Waals surface area contributed by atoms with Crippen molar-refractivity contribution < 1.29 is 4.79 Å². The molecule has 3 N–H and O–H groups in total. The first-order chi connectivity index (χ1) is 14.0. The van der Waals surface area contributed by atoms with Gasteiger partial charge in [-0.2, -0.15) is 5.10 Å². The van der Waals surface area contributed by atoms with E-state index >= 15 is 0 Å². The Morgan fingerprint density at radius 3 is 2.62 bits per heavy atom. The van der Waals surface area contributed by atoms with Crippen molar-refractivity contribution >= 4 is 5.91 Å². The summed E-state index contributed by atoms with van der Waals surface area (Å²) in [6, 6.07) is 8.63. The van der Waals surface area contributed by atoms with E-state index in [1.165, 1.54) is 16.7 Å². The summed E-state index contributed by atoms with van der Waals surface area (Å²) in [4.78, 5) is 15.5. The molecular formula is C22H32N6O. The van der Waals surface area contributed by atoms with Crippen molar-refractivity contribution in [1.82, 2.24) is 30.8 Å². The van der Waals surface area contributed by atoms with Crippen LogP contribution in [0.15, 0.2) is 24.3 Å². The highest BCUT2D eigenvalue weighted by molar-refractivity contribution is 5.83. The SMILES string of the molecule is CCc1ccc(C2CNCCN2C(=O)C2CC(c3c(C)nn(C)c3C)NN2)cc1. The third-order valence-corrected chi connectivity index (χ3v) is 6.41. The van der Waals surface area contributed by atoms with Crippen LogP contribution < -0.4 is 16.2 Å². The molecule has 29 heavy (non-hydrogen) atoms. The molecule has 2 aromatic rings. The third kappa shape index (κ3) is 3.82. The molecule has 2 saturated heterocycles. The third-order valence-electron chi connectivity index (χ3n) is 6.41. The predicted octanol–water partition coefficient (Wildman–Crippen LogP) is 1.68. The van der Waals surface area contributed by atoms with Gasteiger partial charge in [-0.3, -0.25) is 9.48 Å². The Morgan fingerprint density at radius 1 is 1.21 bits per heavy atom. The average molecular weight is 397 g/mol. The van der Waals surface area contributed by atoms with Crippen molar-refractivity contribution in [3.05, 3.63) is 52.3 Å². The van der Waals surface area contributed by atoms with Crippen molar-refractivity contribution in [2.24, 2.45) is 7.05 Å². The summed E-state index contributed by atoms with van der Waals surface area (Å²) in [5.41, 5.74) is 12.5. The first kappa shape index (κ1) is 20.1. The van der Waals surface area contributed by atoms with Gasteiger partial charge in [0.15, 0.2) is 0 Å². The van der Waals surface area contributed by atoms with E-state index in [1.54, 1.807) is 0 Å². The van der Waals surface area contributed by atoms with E-state index in [-0.39, 0.29) is 24.0 Å². The monoisotopic (exact) mass is 396 g/mol. The van der Waals surface area contributed by atoms with E-state index in [2.05, 4.69) is 59.4 Å². The van der Waals surface area contributed by atoms with Crippen LogP contribution in [0.5, 0.6) is 0 Å². The number of rotatable bonds is 4. The van der Waals surface area contributed by atoms with E-state index in [4.69, 9.17) is 0 Å². The van der Waals surface area contributed by atoms with Crippen molar-refractivity contribution in [3.63, 3.8) is 0 Å². The number of amides is 1. The fourth-order valence-electron chi connectivity index (χ4n) is 4.64. The Hall–Kier alpha value is -2.22. The van der Waals surface area contributed by atoms with E-state index in [0.717, 1.165) is 43.9 Å². The number of nitrogens with zero attached hydrogens (tertiary/aromatic N) is 3. The van der Waals surface area contributed by atoms with Crippen molar-refractivity contribution in [2.75, 3.05) is 19.6 Å². The number of carbonyl (C=O) groups excluding carboxylic acids is 1. The second kappa shape index (κ2) is 8.26. The lowest BCUT2D eigenvalue weighted by atomic mass is 9.97. The number of nitrogens with one attached hydrogen (secondary N) is 3. The molecule has 2 aliphatic heterocycles. The van der Waals surface area contributed by atoms with Gasteiger partial charge in [0.25, 0.3) is 0 Å². The zero-order valence-corrected chi connectivity index (χ0v) is 17.8. The van der Waals surface area contributed by atoms with Gasteiger partial charge >= 0.3 is 0 Å². The van der Waals surface area contributed by atoms with Gasteiger partial charge in [-0.15, -0.1) is 0 Å². The molecule has 0 bridgehead atoms. The van der Waals surface area contributed by atoms with Gasteiger partial charge in [0, 0.05) is 37.9 Å². The Morgan fingerprint density at radius 2 is 1.97 bits per heavy atom. The van der Waals surface area contributed by atoms with Crippen LogP contribution in [0.3, 0.4) is 0 Å². The molecule has 0 spiro atoms. The lowest BCUT2D eigenvalue weighted by Gasteiger charge is -2.38. The second-order valence-corrected chi connectivity index (χ2v) is 8.18. The van der Waals surface area contributed by atoms with E-state index < -0.39 is 0 Å². The Bertz CT molecular complexity index is 874. The van der Waals surface area contributed by atoms with E-state index in [1.807, 2.05) is 23.6 Å². The van der Waals surface area contributed by atoms with Crippen LogP contribution in [0.25, 0.3) is 0 Å². The summed E-state index contributed by atoms with van der Waals surface area (Å²) < 4.78 is 1.91. The number of benzene rings is 1. The fraction of sp³-hybridized carbons (Fsp3) is 0.545. The molecule has 156 valence electrons. The molecule has 2 aliphatic rings. The molecule has 0 aliphatic carbocycles. The lowest BCUT2D eigenvalue weighted by Crippen LogP contribution is -2.54. The van der Waals surface area contributed by atoms with Gasteiger partial charge in [0.2, 0.25) is 5.91 Å². The van der Waals surface area contributed by atoms with Crippen LogP contribution >= 0.6 is 0 Å². The van der Waals surface area contributed by atoms with Crippen molar-refractivity contribution in [3.8, 4) is 0 Å². The molecule has 0 saturated carbocycles. The molecule has 3 atom stereocenters. The molecule has 7 nitrogen and oxygen atoms in total. The summed E-state index contributed by atoms with van der Waals surface area (Å²) in [5.74, 6) is 0.172. The van der Waals surface area contributed by atoms with E-state index in [0.29, 0.717) is 0 Å². The maximum atomic E-state index is 13.4. The first-order valence-electron chi connectivity index (χ1n) is 10.6. The van der Waals surface area contributed by atoms with Crippen LogP contribution in [0.4, 0.5) is 0 Å². The number of aryl methyl sites for hydroxylation is 3. The molecule has 1 amide bonds. The highest BCUT2D eigenvalue weighted by atomic mass is 16.2. The molecule has 7 heteroatoms. The minimum atomic E-state index is -0.227. The van der Waals surface area contributed by atoms with Gasteiger partial charge in [0.1, 0.15) is 6.04 Å². The highest BCUT2D eigenvalue weighted by Gasteiger charge is 2.38. The van der Waals surface area contributed by atoms with Crippen LogP contribution in [0, 0.1) is 13.8 Å². The van der Waals surface area contributed by atoms with Gasteiger partial charge < -0.3 is 10.2 Å².